The Morgan fingerprint density at radius 3 is 2.55 bits per heavy atom. The van der Waals surface area contributed by atoms with Crippen LogP contribution in [0, 0.1) is 10.1 Å². The normalized spacial score (nSPS) is 16.6. The van der Waals surface area contributed by atoms with Gasteiger partial charge in [0.2, 0.25) is 11.7 Å². The molecule has 7 heteroatoms. The van der Waals surface area contributed by atoms with E-state index in [1.54, 1.807) is 12.1 Å². The van der Waals surface area contributed by atoms with Gasteiger partial charge in [0.05, 0.1) is 10.3 Å². The van der Waals surface area contributed by atoms with E-state index in [1.807, 2.05) is 0 Å². The van der Waals surface area contributed by atoms with Crippen molar-refractivity contribution in [1.82, 2.24) is 10.1 Å². The van der Waals surface area contributed by atoms with E-state index in [1.165, 1.54) is 12.1 Å². The summed E-state index contributed by atoms with van der Waals surface area (Å²) < 4.78 is 5.32. The van der Waals surface area contributed by atoms with Crippen molar-refractivity contribution >= 4 is 5.69 Å². The third kappa shape index (κ3) is 1.96. The van der Waals surface area contributed by atoms with Crippen LogP contribution in [-0.2, 0) is 5.41 Å². The van der Waals surface area contributed by atoms with E-state index < -0.39 is 4.92 Å². The van der Waals surface area contributed by atoms with Gasteiger partial charge in [0.15, 0.2) is 0 Å². The van der Waals surface area contributed by atoms with E-state index in [2.05, 4.69) is 10.1 Å². The Balaban J connectivity index is 1.88. The van der Waals surface area contributed by atoms with Crippen molar-refractivity contribution in [3.05, 3.63) is 40.3 Å². The molecular formula is C13H14N4O3. The first-order chi connectivity index (χ1) is 9.64. The fraction of sp³-hybridized carbons (Fsp3) is 0.385. The molecule has 20 heavy (non-hydrogen) atoms. The highest BCUT2D eigenvalue weighted by Crippen LogP contribution is 2.42. The molecule has 0 unspecified atom stereocenters. The maximum absolute atomic E-state index is 10.6. The molecule has 2 aromatic rings. The van der Waals surface area contributed by atoms with Gasteiger partial charge in [0, 0.05) is 24.2 Å². The van der Waals surface area contributed by atoms with E-state index in [-0.39, 0.29) is 11.1 Å². The summed E-state index contributed by atoms with van der Waals surface area (Å²) >= 11 is 0. The Hall–Kier alpha value is -2.28. The lowest BCUT2D eigenvalue weighted by atomic mass is 9.69. The Bertz CT molecular complexity index is 626. The maximum atomic E-state index is 10.6. The number of hydrogen-bond donors (Lipinski definition) is 1. The number of nitro groups is 1. The molecule has 1 aromatic carbocycles. The van der Waals surface area contributed by atoms with Gasteiger partial charge >= 0.3 is 0 Å². The second kappa shape index (κ2) is 4.68. The smallest absolute Gasteiger partial charge is 0.269 e. The average Bonchev–Trinajstić information content (AvgIpc) is 2.88. The van der Waals surface area contributed by atoms with Crippen LogP contribution in [0.1, 0.15) is 25.2 Å². The number of nitro benzene ring substituents is 1. The molecule has 1 aliphatic rings. The zero-order valence-corrected chi connectivity index (χ0v) is 10.8. The Labute approximate surface area is 114 Å². The first-order valence-electron chi connectivity index (χ1n) is 6.44. The van der Waals surface area contributed by atoms with E-state index in [0.717, 1.165) is 19.3 Å². The molecule has 0 radical (unpaired) electrons. The van der Waals surface area contributed by atoms with Gasteiger partial charge < -0.3 is 10.3 Å². The van der Waals surface area contributed by atoms with Gasteiger partial charge in [-0.1, -0.05) is 11.6 Å². The Morgan fingerprint density at radius 2 is 2.05 bits per heavy atom. The first kappa shape index (κ1) is 12.7. The summed E-state index contributed by atoms with van der Waals surface area (Å²) in [6.07, 6.45) is 3.04. The van der Waals surface area contributed by atoms with Crippen LogP contribution in [0.25, 0.3) is 11.4 Å². The molecule has 2 N–H and O–H groups in total. The van der Waals surface area contributed by atoms with Crippen LogP contribution in [0.3, 0.4) is 0 Å². The van der Waals surface area contributed by atoms with Gasteiger partial charge in [-0.25, -0.2) is 0 Å². The molecule has 1 saturated carbocycles. The summed E-state index contributed by atoms with van der Waals surface area (Å²) in [4.78, 5) is 14.6. The van der Waals surface area contributed by atoms with Crippen molar-refractivity contribution in [2.45, 2.75) is 24.7 Å². The molecular weight excluding hydrogens is 260 g/mol. The van der Waals surface area contributed by atoms with Crippen LogP contribution >= 0.6 is 0 Å². The van der Waals surface area contributed by atoms with E-state index in [4.69, 9.17) is 10.3 Å². The lowest BCUT2D eigenvalue weighted by molar-refractivity contribution is -0.384. The largest absolute Gasteiger partial charge is 0.338 e. The molecule has 3 rings (SSSR count). The number of hydrogen-bond acceptors (Lipinski definition) is 6. The molecule has 0 spiro atoms. The highest BCUT2D eigenvalue weighted by molar-refractivity contribution is 5.56. The van der Waals surface area contributed by atoms with Crippen LogP contribution in [0.4, 0.5) is 5.69 Å². The molecule has 0 saturated heterocycles. The van der Waals surface area contributed by atoms with Crippen molar-refractivity contribution in [3.63, 3.8) is 0 Å². The van der Waals surface area contributed by atoms with Crippen LogP contribution in [0.2, 0.25) is 0 Å². The number of nitrogens with two attached hydrogens (primary N) is 1. The Kier molecular flexibility index (Phi) is 2.98. The number of rotatable bonds is 4. The number of benzene rings is 1. The third-order valence-corrected chi connectivity index (χ3v) is 3.92. The molecule has 0 atom stereocenters. The zero-order valence-electron chi connectivity index (χ0n) is 10.8. The van der Waals surface area contributed by atoms with E-state index >= 15 is 0 Å². The van der Waals surface area contributed by atoms with Crippen LogP contribution < -0.4 is 5.73 Å². The van der Waals surface area contributed by atoms with Crippen LogP contribution in [0.5, 0.6) is 0 Å². The molecule has 1 aromatic heterocycles. The number of aromatic nitrogens is 2. The lowest BCUT2D eigenvalue weighted by Gasteiger charge is -2.36. The SMILES string of the molecule is NCC1(c2nc(-c3ccc([N+](=O)[O-])cc3)no2)CCC1. The van der Waals surface area contributed by atoms with Crippen molar-refractivity contribution in [3.8, 4) is 11.4 Å². The topological polar surface area (TPSA) is 108 Å². The zero-order chi connectivity index (χ0) is 14.2. The van der Waals surface area contributed by atoms with Gasteiger partial charge in [-0.05, 0) is 25.0 Å². The fourth-order valence-electron chi connectivity index (χ4n) is 2.40. The van der Waals surface area contributed by atoms with Crippen LogP contribution in [0.15, 0.2) is 28.8 Å². The molecule has 104 valence electrons. The summed E-state index contributed by atoms with van der Waals surface area (Å²) in [5.41, 5.74) is 6.35. The highest BCUT2D eigenvalue weighted by atomic mass is 16.6. The minimum atomic E-state index is -0.441. The minimum absolute atomic E-state index is 0.0369. The van der Waals surface area contributed by atoms with E-state index in [0.29, 0.717) is 23.8 Å². The van der Waals surface area contributed by atoms with Gasteiger partial charge in [-0.3, -0.25) is 10.1 Å². The van der Waals surface area contributed by atoms with Crippen LogP contribution in [-0.4, -0.2) is 21.6 Å². The third-order valence-electron chi connectivity index (χ3n) is 3.92. The molecule has 1 aliphatic carbocycles. The van der Waals surface area contributed by atoms with Crippen molar-refractivity contribution < 1.29 is 9.45 Å². The fourth-order valence-corrected chi connectivity index (χ4v) is 2.40. The minimum Gasteiger partial charge on any atom is -0.338 e. The monoisotopic (exact) mass is 274 g/mol. The second-order valence-electron chi connectivity index (χ2n) is 5.07. The molecule has 1 heterocycles. The molecule has 7 nitrogen and oxygen atoms in total. The molecule has 0 aliphatic heterocycles. The van der Waals surface area contributed by atoms with Crippen molar-refractivity contribution in [1.29, 1.82) is 0 Å². The Morgan fingerprint density at radius 1 is 1.35 bits per heavy atom. The summed E-state index contributed by atoms with van der Waals surface area (Å²) in [5.74, 6) is 1.01. The number of nitrogens with zero attached hydrogens (tertiary/aromatic N) is 3. The standard InChI is InChI=1S/C13H14N4O3/c14-8-13(6-1-7-13)12-15-11(16-20-12)9-2-4-10(5-3-9)17(18)19/h2-5H,1,6-8,14H2. The number of non-ortho nitro benzene ring substituents is 1. The van der Waals surface area contributed by atoms with Crippen molar-refractivity contribution in [2.24, 2.45) is 5.73 Å². The lowest BCUT2D eigenvalue weighted by Crippen LogP contribution is -2.41. The summed E-state index contributed by atoms with van der Waals surface area (Å²) in [6, 6.07) is 6.08. The second-order valence-corrected chi connectivity index (χ2v) is 5.07. The highest BCUT2D eigenvalue weighted by Gasteiger charge is 2.42. The first-order valence-corrected chi connectivity index (χ1v) is 6.44. The van der Waals surface area contributed by atoms with Gasteiger partial charge in [-0.2, -0.15) is 4.98 Å². The van der Waals surface area contributed by atoms with E-state index in [9.17, 15) is 10.1 Å². The molecule has 1 fully saturated rings. The quantitative estimate of drug-likeness (QED) is 0.675. The summed E-state index contributed by atoms with van der Waals surface area (Å²) in [6.45, 7) is 0.495. The van der Waals surface area contributed by atoms with Gasteiger partial charge in [-0.15, -0.1) is 0 Å². The maximum Gasteiger partial charge on any atom is 0.269 e. The predicted octanol–water partition coefficient (Wildman–Crippen LogP) is 2.03. The summed E-state index contributed by atoms with van der Waals surface area (Å²) in [5, 5.41) is 14.6. The predicted molar refractivity (Wildman–Crippen MR) is 71.0 cm³/mol. The average molecular weight is 274 g/mol. The van der Waals surface area contributed by atoms with Gasteiger partial charge in [0.1, 0.15) is 0 Å². The summed E-state index contributed by atoms with van der Waals surface area (Å²) in [7, 11) is 0. The van der Waals surface area contributed by atoms with Crippen molar-refractivity contribution in [2.75, 3.05) is 6.54 Å². The van der Waals surface area contributed by atoms with Gasteiger partial charge in [0.25, 0.3) is 5.69 Å². The molecule has 0 bridgehead atoms. The molecule has 0 amide bonds.